The van der Waals surface area contributed by atoms with Crippen LogP contribution in [0.15, 0.2) is 103 Å². The number of aliphatic hydroxyl groups is 1. The molecule has 1 N–H and O–H groups in total. The number of pyridine rings is 1. The summed E-state index contributed by atoms with van der Waals surface area (Å²) < 4.78 is 2.92. The number of carbonyl (C=O) groups excluding carboxylic acids is 1. The third-order valence-corrected chi connectivity index (χ3v) is 21.1. The van der Waals surface area contributed by atoms with Crippen LogP contribution >= 0.6 is 11.3 Å². The predicted molar refractivity (Wildman–Crippen MR) is 263 cm³/mol. The van der Waals surface area contributed by atoms with Crippen molar-refractivity contribution in [3.8, 4) is 11.3 Å². The largest absolute Gasteiger partial charge is 0.512 e. The van der Waals surface area contributed by atoms with Crippen molar-refractivity contribution in [2.24, 2.45) is 11.8 Å². The van der Waals surface area contributed by atoms with Crippen molar-refractivity contribution >= 4 is 60.9 Å². The van der Waals surface area contributed by atoms with Gasteiger partial charge in [-0.1, -0.05) is 169 Å². The van der Waals surface area contributed by atoms with Crippen LogP contribution in [-0.4, -0.2) is 23.9 Å². The predicted octanol–water partition coefficient (Wildman–Crippen LogP) is 13.8. The van der Waals surface area contributed by atoms with Crippen LogP contribution in [-0.2, 0) is 30.3 Å². The molecule has 1 saturated carbocycles. The number of nitrogens with zero attached hydrogens (tertiary/aromatic N) is 1. The quantitative estimate of drug-likeness (QED) is 0.0575. The molecule has 0 aliphatic heterocycles. The second-order valence-corrected chi connectivity index (χ2v) is 23.8. The number of aryl methyl sites for hydroxylation is 3. The summed E-state index contributed by atoms with van der Waals surface area (Å²) in [5.74, 6) is 0.547. The zero-order valence-electron chi connectivity index (χ0n) is 38.4. The van der Waals surface area contributed by atoms with Crippen molar-refractivity contribution in [1.82, 2.24) is 4.98 Å². The van der Waals surface area contributed by atoms with E-state index in [0.29, 0.717) is 5.54 Å². The molecular weight excluding hydrogens is 959 g/mol. The van der Waals surface area contributed by atoms with E-state index in [4.69, 9.17) is 4.98 Å². The summed E-state index contributed by atoms with van der Waals surface area (Å²) in [6, 6.07) is 36.5. The Hall–Kier alpha value is -3.67. The number of aromatic nitrogens is 1. The minimum Gasteiger partial charge on any atom is -0.512 e. The third-order valence-electron chi connectivity index (χ3n) is 13.4. The molecule has 2 heterocycles. The Morgan fingerprint density at radius 1 is 0.803 bits per heavy atom. The van der Waals surface area contributed by atoms with Gasteiger partial charge in [-0.3, -0.25) is 9.78 Å². The number of thiophene rings is 1. The molecule has 1 aliphatic rings. The van der Waals surface area contributed by atoms with Crippen LogP contribution in [0.25, 0.3) is 32.1 Å². The molecule has 4 aromatic carbocycles. The van der Waals surface area contributed by atoms with Gasteiger partial charge in [0.05, 0.1) is 5.76 Å². The average Bonchev–Trinajstić information content (AvgIpc) is 3.59. The molecule has 6 aromatic rings. The Labute approximate surface area is 385 Å². The molecule has 1 fully saturated rings. The Morgan fingerprint density at radius 3 is 1.90 bits per heavy atom. The summed E-state index contributed by atoms with van der Waals surface area (Å²) in [4.78, 5) is 16.8. The minimum atomic E-state index is -2.42. The second-order valence-electron chi connectivity index (χ2n) is 18.4. The number of fused-ring (bicyclic) bond motifs is 2. The maximum atomic E-state index is 11.7. The van der Waals surface area contributed by atoms with Crippen LogP contribution in [0.4, 0.5) is 0 Å². The summed E-state index contributed by atoms with van der Waals surface area (Å²) in [5, 5.41) is 16.7. The van der Waals surface area contributed by atoms with Crippen LogP contribution < -0.4 is 14.9 Å². The molecule has 1 radical (unpaired) electrons. The van der Waals surface area contributed by atoms with Gasteiger partial charge in [0, 0.05) is 59.1 Å². The van der Waals surface area contributed by atoms with Gasteiger partial charge in [0.25, 0.3) is 0 Å². The van der Waals surface area contributed by atoms with Crippen LogP contribution in [0.1, 0.15) is 129 Å². The Morgan fingerprint density at radius 2 is 1.36 bits per heavy atom. The van der Waals surface area contributed by atoms with Crippen molar-refractivity contribution in [3.63, 3.8) is 0 Å². The molecule has 2 aromatic heterocycles. The molecule has 0 saturated heterocycles. The third kappa shape index (κ3) is 10.3. The Balaban J connectivity index is 0.000000378. The van der Waals surface area contributed by atoms with E-state index >= 15 is 0 Å². The van der Waals surface area contributed by atoms with E-state index in [2.05, 4.69) is 133 Å². The molecule has 61 heavy (non-hydrogen) atoms. The molecular formula is C55H68IrNO2SSi-. The second kappa shape index (κ2) is 21.1. The standard InChI is InChI=1S/C42H44NSSi.C13H24O2.Ir/c1-28-16-20-34(21-17-28)45(33-13-8-7-9-14-33,35-22-18-29(2)19-23-35)41-30(3)36-24-25-43-39(40(36)44-41)32-26-31-12-10-11-15-37(31)38(27-32)42(4,5)6;1-5-10(6-2)12(14)9-13(15)11(7-3)8-4;/h10-12,15-25,27,33H,7-9,13-14H2,1-6H3;9-11,14H,5-8H2,1-4H3;/q-1;;/b;12-9-;. The number of benzene rings is 4. The number of rotatable bonds is 12. The number of hydrogen-bond donors (Lipinski definition) is 1. The minimum absolute atomic E-state index is 0. The van der Waals surface area contributed by atoms with Gasteiger partial charge in [-0.05, 0) is 84.8 Å². The van der Waals surface area contributed by atoms with Crippen LogP contribution in [0.5, 0.6) is 0 Å². The van der Waals surface area contributed by atoms with E-state index in [-0.39, 0.29) is 48.9 Å². The molecule has 3 nitrogen and oxygen atoms in total. The first kappa shape index (κ1) is 48.4. The van der Waals surface area contributed by atoms with Crippen molar-refractivity contribution in [2.75, 3.05) is 0 Å². The van der Waals surface area contributed by atoms with E-state index in [1.165, 1.54) is 75.9 Å². The molecule has 0 atom stereocenters. The topological polar surface area (TPSA) is 50.2 Å². The van der Waals surface area contributed by atoms with Crippen molar-refractivity contribution in [2.45, 2.75) is 138 Å². The summed E-state index contributed by atoms with van der Waals surface area (Å²) in [5.41, 5.74) is 8.31. The van der Waals surface area contributed by atoms with Crippen LogP contribution in [0, 0.1) is 38.7 Å². The first-order valence-electron chi connectivity index (χ1n) is 22.7. The van der Waals surface area contributed by atoms with E-state index in [1.54, 1.807) is 14.9 Å². The van der Waals surface area contributed by atoms with Crippen LogP contribution in [0.3, 0.4) is 0 Å². The number of hydrogen-bond acceptors (Lipinski definition) is 4. The van der Waals surface area contributed by atoms with Gasteiger partial charge < -0.3 is 5.11 Å². The SMILES string of the molecule is CCC(CC)C(=O)/C=C(\O)C(CC)CC.Cc1ccc([Si](c2ccc(C)cc2)(c2sc3c(-c4[c-]c5ccccc5c(C(C)(C)C)c4)nccc3c2C)C2CCCCC2)cc1.[Ir]. The van der Waals surface area contributed by atoms with E-state index in [9.17, 15) is 9.90 Å². The maximum Gasteiger partial charge on any atom is 0.163 e. The molecule has 0 bridgehead atoms. The zero-order chi connectivity index (χ0) is 43.2. The van der Waals surface area contributed by atoms with Crippen molar-refractivity contribution in [1.29, 1.82) is 0 Å². The molecule has 0 unspecified atom stereocenters. The van der Waals surface area contributed by atoms with E-state index < -0.39 is 8.07 Å². The van der Waals surface area contributed by atoms with Crippen LogP contribution in [0.2, 0.25) is 5.54 Å². The average molecular weight is 1030 g/mol. The van der Waals surface area contributed by atoms with E-state index in [1.807, 2.05) is 45.2 Å². The van der Waals surface area contributed by atoms with Gasteiger partial charge in [0.15, 0.2) is 13.9 Å². The number of carbonyl (C=O) groups is 1. The Bertz CT molecular complexity index is 2360. The fraction of sp³-hybridized carbons (Fsp3) is 0.418. The maximum absolute atomic E-state index is 11.7. The van der Waals surface area contributed by atoms with E-state index in [0.717, 1.165) is 42.3 Å². The first-order chi connectivity index (χ1) is 28.8. The molecule has 0 spiro atoms. The Kier molecular flexibility index (Phi) is 16.8. The monoisotopic (exact) mass is 1030 g/mol. The molecule has 0 amide bonds. The van der Waals surface area contributed by atoms with Gasteiger partial charge in [-0.15, -0.1) is 40.5 Å². The first-order valence-corrected chi connectivity index (χ1v) is 25.6. The van der Waals surface area contributed by atoms with Gasteiger partial charge in [-0.25, -0.2) is 0 Å². The van der Waals surface area contributed by atoms with Gasteiger partial charge >= 0.3 is 0 Å². The number of ketones is 1. The fourth-order valence-electron chi connectivity index (χ4n) is 9.73. The summed E-state index contributed by atoms with van der Waals surface area (Å²) in [6.45, 7) is 21.8. The smallest absolute Gasteiger partial charge is 0.163 e. The normalized spacial score (nSPS) is 14.0. The van der Waals surface area contributed by atoms with Gasteiger partial charge in [0.2, 0.25) is 0 Å². The van der Waals surface area contributed by atoms with Gasteiger partial charge in [0.1, 0.15) is 0 Å². The zero-order valence-corrected chi connectivity index (χ0v) is 42.6. The molecule has 6 heteroatoms. The summed E-state index contributed by atoms with van der Waals surface area (Å²) >= 11 is 2.04. The van der Waals surface area contributed by atoms with Crippen molar-refractivity contribution in [3.05, 3.63) is 131 Å². The number of allylic oxidation sites excluding steroid dienone is 2. The molecule has 1 aliphatic carbocycles. The number of aliphatic hydroxyl groups excluding tert-OH is 1. The summed E-state index contributed by atoms with van der Waals surface area (Å²) in [7, 11) is -2.42. The summed E-state index contributed by atoms with van der Waals surface area (Å²) in [6.07, 6.45) is 13.6. The molecule has 7 rings (SSSR count). The van der Waals surface area contributed by atoms with Gasteiger partial charge in [-0.2, -0.15) is 0 Å². The molecule has 325 valence electrons. The fourth-order valence-corrected chi connectivity index (χ4v) is 18.5. The van der Waals surface area contributed by atoms with Crippen molar-refractivity contribution < 1.29 is 30.0 Å².